The summed E-state index contributed by atoms with van der Waals surface area (Å²) in [5, 5.41) is 3.32. The maximum Gasteiger partial charge on any atom is 0.257 e. The van der Waals surface area contributed by atoms with E-state index in [9.17, 15) is 13.2 Å². The first-order valence-electron chi connectivity index (χ1n) is 10.1. The smallest absolute Gasteiger partial charge is 0.257 e. The summed E-state index contributed by atoms with van der Waals surface area (Å²) in [6.45, 7) is 5.07. The minimum atomic E-state index is -3.64. The molecule has 0 radical (unpaired) electrons. The highest BCUT2D eigenvalue weighted by atomic mass is 32.2. The average Bonchev–Trinajstić information content (AvgIpc) is 3.37. The number of benzene rings is 2. The number of aryl methyl sites for hydroxylation is 2. The number of rotatable bonds is 6. The van der Waals surface area contributed by atoms with Gasteiger partial charge in [0.25, 0.3) is 5.91 Å². The number of amides is 1. The first-order chi connectivity index (χ1) is 14.7. The molecule has 1 aliphatic heterocycles. The number of carbonyl (C=O) groups excluding carboxylic acids is 1. The number of ether oxygens (including phenoxy) is 1. The van der Waals surface area contributed by atoms with Crippen LogP contribution in [0.2, 0.25) is 0 Å². The van der Waals surface area contributed by atoms with Gasteiger partial charge in [-0.25, -0.2) is 13.4 Å². The fraction of sp³-hybridized carbons (Fsp3) is 0.364. The van der Waals surface area contributed by atoms with Crippen molar-refractivity contribution in [3.8, 4) is 0 Å². The second kappa shape index (κ2) is 8.66. The predicted octanol–water partition coefficient (Wildman–Crippen LogP) is 3.96. The number of hydrogen-bond acceptors (Lipinski definition) is 6. The van der Waals surface area contributed by atoms with E-state index in [1.54, 1.807) is 7.05 Å². The summed E-state index contributed by atoms with van der Waals surface area (Å²) >= 11 is 1.41. The van der Waals surface area contributed by atoms with E-state index in [1.165, 1.54) is 45.5 Å². The van der Waals surface area contributed by atoms with Crippen LogP contribution in [0.25, 0.3) is 10.2 Å². The molecule has 7 nitrogen and oxygen atoms in total. The van der Waals surface area contributed by atoms with E-state index in [-0.39, 0.29) is 16.9 Å². The number of thiazole rings is 1. The topological polar surface area (TPSA) is 88.6 Å². The number of aromatic nitrogens is 1. The minimum absolute atomic E-state index is 0.0637. The van der Waals surface area contributed by atoms with Crippen LogP contribution >= 0.6 is 11.3 Å². The summed E-state index contributed by atoms with van der Waals surface area (Å²) < 4.78 is 33.5. The molecule has 1 unspecified atom stereocenters. The molecule has 1 aliphatic rings. The number of sulfonamides is 1. The van der Waals surface area contributed by atoms with Crippen LogP contribution in [0.15, 0.2) is 41.3 Å². The summed E-state index contributed by atoms with van der Waals surface area (Å²) in [4.78, 5) is 17.3. The van der Waals surface area contributed by atoms with Crippen molar-refractivity contribution in [1.82, 2.24) is 9.29 Å². The Balaban J connectivity index is 1.46. The fourth-order valence-corrected chi connectivity index (χ4v) is 5.68. The molecule has 0 spiro atoms. The van der Waals surface area contributed by atoms with E-state index < -0.39 is 10.0 Å². The van der Waals surface area contributed by atoms with Crippen molar-refractivity contribution in [2.24, 2.45) is 0 Å². The van der Waals surface area contributed by atoms with Crippen LogP contribution in [0.4, 0.5) is 5.13 Å². The molecule has 0 bridgehead atoms. The Morgan fingerprint density at radius 2 is 1.94 bits per heavy atom. The molecule has 0 saturated carbocycles. The van der Waals surface area contributed by atoms with Gasteiger partial charge in [-0.05, 0) is 74.2 Å². The summed E-state index contributed by atoms with van der Waals surface area (Å²) in [5.74, 6) is -0.329. The van der Waals surface area contributed by atoms with Crippen molar-refractivity contribution in [2.45, 2.75) is 37.7 Å². The minimum Gasteiger partial charge on any atom is -0.377 e. The van der Waals surface area contributed by atoms with Gasteiger partial charge in [0.05, 0.1) is 21.2 Å². The van der Waals surface area contributed by atoms with Crippen LogP contribution < -0.4 is 5.32 Å². The second-order valence-corrected chi connectivity index (χ2v) is 10.9. The summed E-state index contributed by atoms with van der Waals surface area (Å²) in [5.41, 5.74) is 3.54. The molecular formula is C22H25N3O4S2. The molecule has 9 heteroatoms. The Morgan fingerprint density at radius 3 is 2.61 bits per heavy atom. The van der Waals surface area contributed by atoms with E-state index >= 15 is 0 Å². The molecule has 31 heavy (non-hydrogen) atoms. The zero-order chi connectivity index (χ0) is 22.2. The largest absolute Gasteiger partial charge is 0.377 e. The first-order valence-corrected chi connectivity index (χ1v) is 12.4. The quantitative estimate of drug-likeness (QED) is 0.603. The lowest BCUT2D eigenvalue weighted by Crippen LogP contribution is -2.34. The maximum absolute atomic E-state index is 12.8. The Kier molecular flexibility index (Phi) is 6.11. The zero-order valence-corrected chi connectivity index (χ0v) is 19.3. The van der Waals surface area contributed by atoms with Crippen molar-refractivity contribution in [3.63, 3.8) is 0 Å². The van der Waals surface area contributed by atoms with Gasteiger partial charge in [0.15, 0.2) is 5.13 Å². The second-order valence-electron chi connectivity index (χ2n) is 7.82. The van der Waals surface area contributed by atoms with Gasteiger partial charge in [0.1, 0.15) is 0 Å². The zero-order valence-electron chi connectivity index (χ0n) is 17.7. The molecule has 2 aromatic carbocycles. The number of fused-ring (bicyclic) bond motifs is 1. The molecule has 1 N–H and O–H groups in total. The molecule has 3 aromatic rings. The molecule has 2 heterocycles. The summed E-state index contributed by atoms with van der Waals surface area (Å²) in [6.07, 6.45) is 1.76. The molecular weight excluding hydrogens is 434 g/mol. The number of likely N-dealkylation sites (N-methyl/N-ethyl adjacent to an activating group) is 1. The molecule has 1 saturated heterocycles. The molecule has 1 atom stereocenters. The van der Waals surface area contributed by atoms with Crippen LogP contribution in [-0.4, -0.2) is 49.9 Å². The third kappa shape index (κ3) is 4.64. The lowest BCUT2D eigenvalue weighted by atomic mass is 10.1. The molecule has 1 aromatic heterocycles. The molecule has 1 fully saturated rings. The highest BCUT2D eigenvalue weighted by Gasteiger charge is 2.26. The van der Waals surface area contributed by atoms with E-state index in [0.717, 1.165) is 28.6 Å². The predicted molar refractivity (Wildman–Crippen MR) is 122 cm³/mol. The van der Waals surface area contributed by atoms with Crippen LogP contribution in [0, 0.1) is 13.8 Å². The highest BCUT2D eigenvalue weighted by molar-refractivity contribution is 7.89. The van der Waals surface area contributed by atoms with Gasteiger partial charge >= 0.3 is 0 Å². The highest BCUT2D eigenvalue weighted by Crippen LogP contribution is 2.28. The van der Waals surface area contributed by atoms with E-state index in [1.807, 2.05) is 19.9 Å². The Hall–Kier alpha value is -2.33. The average molecular weight is 460 g/mol. The van der Waals surface area contributed by atoms with E-state index in [0.29, 0.717) is 23.8 Å². The fourth-order valence-electron chi connectivity index (χ4n) is 3.53. The Morgan fingerprint density at radius 1 is 1.23 bits per heavy atom. The van der Waals surface area contributed by atoms with Gasteiger partial charge in [-0.3, -0.25) is 10.1 Å². The monoisotopic (exact) mass is 459 g/mol. The summed E-state index contributed by atoms with van der Waals surface area (Å²) in [7, 11) is -2.09. The van der Waals surface area contributed by atoms with Gasteiger partial charge in [-0.1, -0.05) is 11.3 Å². The van der Waals surface area contributed by atoms with Crippen LogP contribution in [-0.2, 0) is 14.8 Å². The van der Waals surface area contributed by atoms with Crippen molar-refractivity contribution in [2.75, 3.05) is 25.5 Å². The molecule has 0 aliphatic carbocycles. The van der Waals surface area contributed by atoms with Crippen molar-refractivity contribution < 1.29 is 17.9 Å². The SMILES string of the molecule is Cc1cc2nc(NC(=O)c3ccc(S(=O)(=O)N(C)CC4CCCO4)cc3)sc2cc1C. The number of nitrogens with zero attached hydrogens (tertiary/aromatic N) is 2. The van der Waals surface area contributed by atoms with Gasteiger partial charge in [-0.2, -0.15) is 4.31 Å². The van der Waals surface area contributed by atoms with E-state index in [4.69, 9.17) is 4.74 Å². The molecule has 4 rings (SSSR count). The van der Waals surface area contributed by atoms with Gasteiger partial charge in [-0.15, -0.1) is 0 Å². The third-order valence-corrected chi connectivity index (χ3v) is 8.30. The van der Waals surface area contributed by atoms with Crippen molar-refractivity contribution in [3.05, 3.63) is 53.1 Å². The van der Waals surface area contributed by atoms with Gasteiger partial charge < -0.3 is 4.74 Å². The summed E-state index contributed by atoms with van der Waals surface area (Å²) in [6, 6.07) is 10.0. The van der Waals surface area contributed by atoms with Crippen LogP contribution in [0.5, 0.6) is 0 Å². The number of carbonyl (C=O) groups is 1. The van der Waals surface area contributed by atoms with Gasteiger partial charge in [0.2, 0.25) is 10.0 Å². The number of nitrogens with one attached hydrogen (secondary N) is 1. The lowest BCUT2D eigenvalue weighted by Gasteiger charge is -2.20. The molecule has 164 valence electrons. The van der Waals surface area contributed by atoms with E-state index in [2.05, 4.69) is 16.4 Å². The molecule has 1 amide bonds. The van der Waals surface area contributed by atoms with Crippen molar-refractivity contribution >= 4 is 42.6 Å². The van der Waals surface area contributed by atoms with Crippen molar-refractivity contribution in [1.29, 1.82) is 0 Å². The Bertz CT molecular complexity index is 1170. The lowest BCUT2D eigenvalue weighted by molar-refractivity contribution is 0.0979. The number of hydrogen-bond donors (Lipinski definition) is 1. The number of anilines is 1. The third-order valence-electron chi connectivity index (χ3n) is 5.53. The first kappa shape index (κ1) is 21.9. The standard InChI is InChI=1S/C22H25N3O4S2/c1-14-11-19-20(12-15(14)2)30-22(23-19)24-21(26)16-6-8-18(9-7-16)31(27,28)25(3)13-17-5-4-10-29-17/h6-9,11-12,17H,4-5,10,13H2,1-3H3,(H,23,24,26). The Labute approximate surface area is 186 Å². The normalized spacial score (nSPS) is 16.8. The van der Waals surface area contributed by atoms with Crippen LogP contribution in [0.3, 0.4) is 0 Å². The van der Waals surface area contributed by atoms with Crippen LogP contribution in [0.1, 0.15) is 34.3 Å². The maximum atomic E-state index is 12.8. The van der Waals surface area contributed by atoms with Gasteiger partial charge in [0, 0.05) is 25.8 Å².